The van der Waals surface area contributed by atoms with Crippen molar-refractivity contribution in [3.8, 4) is 5.75 Å². The van der Waals surface area contributed by atoms with Crippen molar-refractivity contribution < 1.29 is 9.90 Å². The van der Waals surface area contributed by atoms with Gasteiger partial charge in [-0.3, -0.25) is 10.1 Å². The Morgan fingerprint density at radius 3 is 2.42 bits per heavy atom. The van der Waals surface area contributed by atoms with Gasteiger partial charge in [-0.05, 0) is 44.0 Å². The Kier molecular flexibility index (Phi) is 8.14. The van der Waals surface area contributed by atoms with Gasteiger partial charge in [0.2, 0.25) is 5.91 Å². The predicted octanol–water partition coefficient (Wildman–Crippen LogP) is 1.06. The van der Waals surface area contributed by atoms with Gasteiger partial charge in [0, 0.05) is 6.04 Å². The molecule has 0 saturated carbocycles. The van der Waals surface area contributed by atoms with Crippen molar-refractivity contribution >= 4 is 18.3 Å². The zero-order valence-electron chi connectivity index (χ0n) is 11.0. The molecular weight excluding hydrogens is 266 g/mol. The number of phenols is 1. The number of benzene rings is 1. The Morgan fingerprint density at radius 1 is 1.37 bits per heavy atom. The highest BCUT2D eigenvalue weighted by Gasteiger charge is 2.17. The number of amides is 1. The number of carbonyl (C=O) groups is 1. The molecule has 19 heavy (non-hydrogen) atoms. The summed E-state index contributed by atoms with van der Waals surface area (Å²) in [6.07, 6.45) is 1.39. The van der Waals surface area contributed by atoms with Crippen LogP contribution in [-0.2, 0) is 4.79 Å². The van der Waals surface area contributed by atoms with Gasteiger partial charge >= 0.3 is 0 Å². The maximum Gasteiger partial charge on any atom is 0.234 e. The van der Waals surface area contributed by atoms with E-state index in [-0.39, 0.29) is 36.1 Å². The second kappa shape index (κ2) is 8.74. The van der Waals surface area contributed by atoms with E-state index in [2.05, 4.69) is 5.32 Å². The minimum atomic E-state index is -0.377. The van der Waals surface area contributed by atoms with E-state index in [1.807, 2.05) is 19.1 Å². The summed E-state index contributed by atoms with van der Waals surface area (Å²) in [6.45, 7) is 2.49. The van der Waals surface area contributed by atoms with Gasteiger partial charge in [0.05, 0.1) is 6.04 Å². The third-order valence-electron chi connectivity index (χ3n) is 2.88. The summed E-state index contributed by atoms with van der Waals surface area (Å²) in [7, 11) is 0. The fourth-order valence-corrected chi connectivity index (χ4v) is 1.79. The molecule has 0 saturated heterocycles. The monoisotopic (exact) mass is 287 g/mol. The fourth-order valence-electron chi connectivity index (χ4n) is 1.79. The molecule has 0 fully saturated rings. The zero-order chi connectivity index (χ0) is 13.5. The lowest BCUT2D eigenvalue weighted by atomic mass is 10.0. The largest absolute Gasteiger partial charge is 0.508 e. The highest BCUT2D eigenvalue weighted by atomic mass is 35.5. The number of hydrogen-bond donors (Lipinski definition) is 4. The number of rotatable bonds is 7. The zero-order valence-corrected chi connectivity index (χ0v) is 11.8. The Balaban J connectivity index is 0.00000324. The number of halogens is 1. The van der Waals surface area contributed by atoms with Crippen molar-refractivity contribution in [2.45, 2.75) is 31.8 Å². The van der Waals surface area contributed by atoms with Gasteiger partial charge in [-0.15, -0.1) is 12.4 Å². The molecule has 0 bridgehead atoms. The molecule has 5 nitrogen and oxygen atoms in total. The molecule has 108 valence electrons. The molecule has 1 amide bonds. The Bertz CT molecular complexity index is 384. The van der Waals surface area contributed by atoms with Crippen molar-refractivity contribution in [1.82, 2.24) is 5.32 Å². The molecule has 0 aliphatic rings. The van der Waals surface area contributed by atoms with Gasteiger partial charge < -0.3 is 16.6 Å². The highest BCUT2D eigenvalue weighted by Crippen LogP contribution is 2.17. The molecular formula is C13H22ClN3O2. The molecule has 1 aromatic carbocycles. The maximum atomic E-state index is 11.3. The summed E-state index contributed by atoms with van der Waals surface area (Å²) in [5.74, 6) is -0.144. The third kappa shape index (κ3) is 5.92. The van der Waals surface area contributed by atoms with Crippen LogP contribution < -0.4 is 16.8 Å². The topological polar surface area (TPSA) is 101 Å². The number of hydrogen-bond acceptors (Lipinski definition) is 4. The molecule has 1 unspecified atom stereocenters. The predicted molar refractivity (Wildman–Crippen MR) is 78.2 cm³/mol. The van der Waals surface area contributed by atoms with Crippen molar-refractivity contribution in [2.75, 3.05) is 6.54 Å². The number of carbonyl (C=O) groups excluding carboxylic acids is 1. The SMILES string of the molecule is CC(N[C@@H](CCCN)C(N)=O)c1ccc(O)cc1.Cl. The standard InChI is InChI=1S/C13H21N3O2.ClH/c1-9(10-4-6-11(17)7-5-10)16-12(13(15)18)3-2-8-14;/h4-7,9,12,16-17H,2-3,8,14H2,1H3,(H2,15,18);1H/t9?,12-;/m0./s1. The first-order chi connectivity index (χ1) is 8.54. The van der Waals surface area contributed by atoms with Gasteiger partial charge in [-0.1, -0.05) is 12.1 Å². The Labute approximate surface area is 119 Å². The highest BCUT2D eigenvalue weighted by molar-refractivity contribution is 5.85. The van der Waals surface area contributed by atoms with Crippen LogP contribution in [0.15, 0.2) is 24.3 Å². The molecule has 6 heteroatoms. The molecule has 6 N–H and O–H groups in total. The minimum absolute atomic E-state index is 0. The lowest BCUT2D eigenvalue weighted by molar-refractivity contribution is -0.120. The van der Waals surface area contributed by atoms with E-state index >= 15 is 0 Å². The fraction of sp³-hybridized carbons (Fsp3) is 0.462. The minimum Gasteiger partial charge on any atom is -0.508 e. The summed E-state index contributed by atoms with van der Waals surface area (Å²) in [4.78, 5) is 11.3. The maximum absolute atomic E-state index is 11.3. The molecule has 0 aliphatic carbocycles. The van der Waals surface area contributed by atoms with Crippen molar-refractivity contribution in [2.24, 2.45) is 11.5 Å². The van der Waals surface area contributed by atoms with E-state index in [0.29, 0.717) is 13.0 Å². The molecule has 1 aromatic rings. The van der Waals surface area contributed by atoms with Crippen molar-refractivity contribution in [1.29, 1.82) is 0 Å². The molecule has 0 heterocycles. The van der Waals surface area contributed by atoms with Crippen LogP contribution >= 0.6 is 12.4 Å². The lowest BCUT2D eigenvalue weighted by Crippen LogP contribution is -2.42. The van der Waals surface area contributed by atoms with Crippen LogP contribution in [0.5, 0.6) is 5.75 Å². The first-order valence-corrected chi connectivity index (χ1v) is 6.09. The van der Waals surface area contributed by atoms with Crippen LogP contribution in [-0.4, -0.2) is 23.6 Å². The second-order valence-corrected chi connectivity index (χ2v) is 4.37. The van der Waals surface area contributed by atoms with Crippen LogP contribution in [0.4, 0.5) is 0 Å². The Hall–Kier alpha value is -1.30. The molecule has 0 radical (unpaired) electrons. The summed E-state index contributed by atoms with van der Waals surface area (Å²) >= 11 is 0. The summed E-state index contributed by atoms with van der Waals surface area (Å²) < 4.78 is 0. The number of primary amides is 1. The average molecular weight is 288 g/mol. The van der Waals surface area contributed by atoms with Crippen LogP contribution in [0, 0.1) is 0 Å². The molecule has 0 aliphatic heterocycles. The average Bonchev–Trinajstić information content (AvgIpc) is 2.34. The summed E-state index contributed by atoms with van der Waals surface area (Å²) in [6, 6.07) is 6.47. The van der Waals surface area contributed by atoms with E-state index in [9.17, 15) is 9.90 Å². The van der Waals surface area contributed by atoms with E-state index in [1.54, 1.807) is 12.1 Å². The quantitative estimate of drug-likeness (QED) is 0.602. The first-order valence-electron chi connectivity index (χ1n) is 6.09. The van der Waals surface area contributed by atoms with Crippen LogP contribution in [0.2, 0.25) is 0 Å². The Morgan fingerprint density at radius 2 is 1.95 bits per heavy atom. The summed E-state index contributed by atoms with van der Waals surface area (Å²) in [5.41, 5.74) is 11.8. The molecule has 0 aromatic heterocycles. The molecule has 2 atom stereocenters. The second-order valence-electron chi connectivity index (χ2n) is 4.37. The van der Waals surface area contributed by atoms with E-state index in [1.165, 1.54) is 0 Å². The molecule has 1 rings (SSSR count). The number of aromatic hydroxyl groups is 1. The van der Waals surface area contributed by atoms with Crippen molar-refractivity contribution in [3.63, 3.8) is 0 Å². The smallest absolute Gasteiger partial charge is 0.234 e. The van der Waals surface area contributed by atoms with E-state index in [0.717, 1.165) is 12.0 Å². The first kappa shape index (κ1) is 17.7. The van der Waals surface area contributed by atoms with E-state index in [4.69, 9.17) is 11.5 Å². The van der Waals surface area contributed by atoms with Crippen LogP contribution in [0.3, 0.4) is 0 Å². The summed E-state index contributed by atoms with van der Waals surface area (Å²) in [5, 5.41) is 12.4. The van der Waals surface area contributed by atoms with Gasteiger partial charge in [-0.2, -0.15) is 0 Å². The lowest BCUT2D eigenvalue weighted by Gasteiger charge is -2.21. The normalized spacial score (nSPS) is 13.4. The van der Waals surface area contributed by atoms with Gasteiger partial charge in [0.25, 0.3) is 0 Å². The third-order valence-corrected chi connectivity index (χ3v) is 2.88. The number of nitrogens with one attached hydrogen (secondary N) is 1. The van der Waals surface area contributed by atoms with E-state index < -0.39 is 0 Å². The van der Waals surface area contributed by atoms with Gasteiger partial charge in [-0.25, -0.2) is 0 Å². The number of phenolic OH excluding ortho intramolecular Hbond substituents is 1. The van der Waals surface area contributed by atoms with Crippen LogP contribution in [0.25, 0.3) is 0 Å². The van der Waals surface area contributed by atoms with Gasteiger partial charge in [0.1, 0.15) is 5.75 Å². The van der Waals surface area contributed by atoms with Gasteiger partial charge in [0.15, 0.2) is 0 Å². The molecule has 0 spiro atoms. The van der Waals surface area contributed by atoms with Crippen molar-refractivity contribution in [3.05, 3.63) is 29.8 Å². The van der Waals surface area contributed by atoms with Crippen LogP contribution in [0.1, 0.15) is 31.4 Å². The number of nitrogens with two attached hydrogens (primary N) is 2.